The lowest BCUT2D eigenvalue weighted by Gasteiger charge is -2.01. The first kappa shape index (κ1) is 12.3. The second-order valence-electron chi connectivity index (χ2n) is 3.98. The maximum atomic E-state index is 11.5. The molecule has 2 heterocycles. The molecule has 0 fully saturated rings. The lowest BCUT2D eigenvalue weighted by atomic mass is 10.1. The van der Waals surface area contributed by atoms with E-state index in [-0.39, 0.29) is 11.7 Å². The summed E-state index contributed by atoms with van der Waals surface area (Å²) in [5, 5.41) is 4.60. The van der Waals surface area contributed by atoms with E-state index in [1.54, 1.807) is 11.6 Å². The first-order chi connectivity index (χ1) is 9.29. The van der Waals surface area contributed by atoms with Crippen molar-refractivity contribution in [2.75, 3.05) is 5.88 Å². The number of nitrogens with zero attached hydrogens (tertiary/aromatic N) is 2. The summed E-state index contributed by atoms with van der Waals surface area (Å²) in [5.41, 5.74) is 1.21. The van der Waals surface area contributed by atoms with Gasteiger partial charge in [0.05, 0.1) is 5.88 Å². The molecule has 3 rings (SSSR count). The number of hydrogen-bond acceptors (Lipinski definition) is 4. The van der Waals surface area contributed by atoms with Crippen LogP contribution in [0.15, 0.2) is 41.9 Å². The highest BCUT2D eigenvalue weighted by Crippen LogP contribution is 2.28. The van der Waals surface area contributed by atoms with E-state index in [4.69, 9.17) is 11.6 Å². The van der Waals surface area contributed by atoms with E-state index in [0.717, 1.165) is 21.5 Å². The van der Waals surface area contributed by atoms with Gasteiger partial charge in [0, 0.05) is 17.0 Å². The van der Waals surface area contributed by atoms with Crippen molar-refractivity contribution in [1.29, 1.82) is 0 Å². The number of carbonyl (C=O) groups excluding carboxylic acids is 1. The van der Waals surface area contributed by atoms with Crippen molar-refractivity contribution in [3.05, 3.63) is 47.6 Å². The van der Waals surface area contributed by atoms with E-state index in [9.17, 15) is 4.79 Å². The minimum Gasteiger partial charge on any atom is -0.291 e. The molecular formula is C14H9ClN2OS. The Morgan fingerprint density at radius 2 is 2.11 bits per heavy atom. The number of alkyl halides is 1. The predicted molar refractivity (Wildman–Crippen MR) is 77.9 cm³/mol. The summed E-state index contributed by atoms with van der Waals surface area (Å²) in [6.45, 7) is 0. The maximum Gasteiger partial charge on any atom is 0.196 e. The third-order valence-electron chi connectivity index (χ3n) is 2.79. The molecule has 0 saturated heterocycles. The zero-order chi connectivity index (χ0) is 13.2. The molecule has 0 atom stereocenters. The number of aromatic nitrogens is 2. The number of rotatable bonds is 3. The topological polar surface area (TPSA) is 42.9 Å². The summed E-state index contributed by atoms with van der Waals surface area (Å²) < 4.78 is 0. The second kappa shape index (κ2) is 5.07. The Kier molecular flexibility index (Phi) is 3.27. The monoisotopic (exact) mass is 288 g/mol. The van der Waals surface area contributed by atoms with Crippen molar-refractivity contribution in [2.24, 2.45) is 0 Å². The van der Waals surface area contributed by atoms with Gasteiger partial charge in [0.15, 0.2) is 5.78 Å². The molecular weight excluding hydrogens is 280 g/mol. The van der Waals surface area contributed by atoms with Crippen LogP contribution in [-0.4, -0.2) is 21.6 Å². The summed E-state index contributed by atoms with van der Waals surface area (Å²) in [5.74, 6) is -0.212. The van der Waals surface area contributed by atoms with Gasteiger partial charge in [0.2, 0.25) is 0 Å². The largest absolute Gasteiger partial charge is 0.291 e. The van der Waals surface area contributed by atoms with E-state index < -0.39 is 0 Å². The Hall–Kier alpha value is -1.78. The Balaban J connectivity index is 2.14. The molecule has 1 aromatic carbocycles. The molecule has 0 unspecified atom stereocenters. The van der Waals surface area contributed by atoms with E-state index in [1.807, 2.05) is 30.3 Å². The van der Waals surface area contributed by atoms with Crippen LogP contribution in [0.4, 0.5) is 0 Å². The molecule has 0 aliphatic heterocycles. The zero-order valence-corrected chi connectivity index (χ0v) is 11.4. The second-order valence-corrected chi connectivity index (χ2v) is 5.10. The minimum absolute atomic E-state index is 0.0495. The number of Topliss-reactive ketones (excluding diaryl/α,β-unsaturated/α-hetero) is 1. The molecule has 3 nitrogen and oxygen atoms in total. The molecule has 0 saturated carbocycles. The molecule has 0 radical (unpaired) electrons. The van der Waals surface area contributed by atoms with Crippen molar-refractivity contribution in [3.8, 4) is 10.7 Å². The highest BCUT2D eigenvalue weighted by atomic mass is 35.5. The van der Waals surface area contributed by atoms with Gasteiger partial charge in [0.1, 0.15) is 16.4 Å². The minimum atomic E-state index is -0.163. The fourth-order valence-corrected chi connectivity index (χ4v) is 2.84. The standard InChI is InChI=1S/C14H9ClN2OS/c15-7-12(18)11-8-19-14(17-11)13-10-4-2-1-3-9(10)5-6-16-13/h1-6,8H,7H2. The molecule has 5 heteroatoms. The number of benzene rings is 1. The first-order valence-corrected chi connectivity index (χ1v) is 7.10. The summed E-state index contributed by atoms with van der Waals surface area (Å²) in [4.78, 5) is 20.2. The van der Waals surface area contributed by atoms with Crippen LogP contribution in [0, 0.1) is 0 Å². The normalized spacial score (nSPS) is 10.8. The van der Waals surface area contributed by atoms with E-state index in [2.05, 4.69) is 9.97 Å². The number of halogens is 1. The van der Waals surface area contributed by atoms with Crippen LogP contribution in [0.1, 0.15) is 10.5 Å². The van der Waals surface area contributed by atoms with E-state index in [0.29, 0.717) is 5.69 Å². The van der Waals surface area contributed by atoms with Gasteiger partial charge >= 0.3 is 0 Å². The third kappa shape index (κ3) is 2.25. The molecule has 0 aliphatic carbocycles. The van der Waals surface area contributed by atoms with Crippen LogP contribution in [0.25, 0.3) is 21.5 Å². The number of fused-ring (bicyclic) bond motifs is 1. The Labute approximate surface area is 118 Å². The van der Waals surface area contributed by atoms with Crippen molar-refractivity contribution < 1.29 is 4.79 Å². The molecule has 0 N–H and O–H groups in total. The van der Waals surface area contributed by atoms with Crippen LogP contribution < -0.4 is 0 Å². The van der Waals surface area contributed by atoms with Crippen molar-refractivity contribution >= 4 is 39.5 Å². The predicted octanol–water partition coefficient (Wildman–Crippen LogP) is 3.78. The van der Waals surface area contributed by atoms with Gasteiger partial charge in [-0.1, -0.05) is 24.3 Å². The van der Waals surface area contributed by atoms with Gasteiger partial charge in [0.25, 0.3) is 0 Å². The zero-order valence-electron chi connectivity index (χ0n) is 9.84. The number of carbonyl (C=O) groups is 1. The Bertz CT molecular complexity index is 749. The summed E-state index contributed by atoms with van der Waals surface area (Å²) >= 11 is 6.94. The molecule has 0 amide bonds. The number of pyridine rings is 1. The van der Waals surface area contributed by atoms with Gasteiger partial charge in [-0.3, -0.25) is 9.78 Å². The van der Waals surface area contributed by atoms with Gasteiger partial charge in [-0.05, 0) is 11.5 Å². The smallest absolute Gasteiger partial charge is 0.196 e. The van der Waals surface area contributed by atoms with Crippen molar-refractivity contribution in [2.45, 2.75) is 0 Å². The lowest BCUT2D eigenvalue weighted by molar-refractivity contribution is 0.101. The van der Waals surface area contributed by atoms with Gasteiger partial charge in [-0.25, -0.2) is 4.98 Å². The number of ketones is 1. The van der Waals surface area contributed by atoms with Gasteiger partial charge in [-0.15, -0.1) is 22.9 Å². The summed E-state index contributed by atoms with van der Waals surface area (Å²) in [7, 11) is 0. The van der Waals surface area contributed by atoms with Crippen LogP contribution in [-0.2, 0) is 0 Å². The lowest BCUT2D eigenvalue weighted by Crippen LogP contribution is -2.00. The molecule has 19 heavy (non-hydrogen) atoms. The Morgan fingerprint density at radius 1 is 1.26 bits per heavy atom. The summed E-state index contributed by atoms with van der Waals surface area (Å²) in [6.07, 6.45) is 1.75. The average Bonchev–Trinajstić information content (AvgIpc) is 2.95. The quantitative estimate of drug-likeness (QED) is 0.544. The van der Waals surface area contributed by atoms with Crippen LogP contribution in [0.5, 0.6) is 0 Å². The first-order valence-electron chi connectivity index (χ1n) is 5.68. The molecule has 94 valence electrons. The van der Waals surface area contributed by atoms with Gasteiger partial charge in [-0.2, -0.15) is 0 Å². The van der Waals surface area contributed by atoms with Crippen molar-refractivity contribution in [3.63, 3.8) is 0 Å². The molecule has 0 spiro atoms. The van der Waals surface area contributed by atoms with Crippen LogP contribution >= 0.6 is 22.9 Å². The van der Waals surface area contributed by atoms with E-state index >= 15 is 0 Å². The summed E-state index contributed by atoms with van der Waals surface area (Å²) in [6, 6.07) is 9.93. The van der Waals surface area contributed by atoms with Crippen LogP contribution in [0.3, 0.4) is 0 Å². The van der Waals surface area contributed by atoms with Crippen LogP contribution in [0.2, 0.25) is 0 Å². The highest BCUT2D eigenvalue weighted by Gasteiger charge is 2.13. The van der Waals surface area contributed by atoms with Gasteiger partial charge < -0.3 is 0 Å². The van der Waals surface area contributed by atoms with Crippen molar-refractivity contribution in [1.82, 2.24) is 9.97 Å². The molecule has 0 aliphatic rings. The molecule has 2 aromatic heterocycles. The number of thiazole rings is 1. The van der Waals surface area contributed by atoms with E-state index in [1.165, 1.54) is 11.3 Å². The number of hydrogen-bond donors (Lipinski definition) is 0. The third-order valence-corrected chi connectivity index (χ3v) is 3.88. The molecule has 3 aromatic rings. The fraction of sp³-hybridized carbons (Fsp3) is 0.0714. The Morgan fingerprint density at radius 3 is 2.95 bits per heavy atom. The SMILES string of the molecule is O=C(CCl)c1csc(-c2nccc3ccccc23)n1. The fourth-order valence-electron chi connectivity index (χ4n) is 1.87. The maximum absolute atomic E-state index is 11.5. The molecule has 0 bridgehead atoms. The average molecular weight is 289 g/mol. The highest BCUT2D eigenvalue weighted by molar-refractivity contribution is 7.13.